The van der Waals surface area contributed by atoms with Crippen molar-refractivity contribution in [1.29, 1.82) is 0 Å². The maximum Gasteiger partial charge on any atom is 0.227 e. The molecular formula is C18H29N3O. The van der Waals surface area contributed by atoms with Crippen molar-refractivity contribution in [2.45, 2.75) is 34.1 Å². The Kier molecular flexibility index (Phi) is 5.83. The minimum absolute atomic E-state index is 0.0567. The molecule has 22 heavy (non-hydrogen) atoms. The molecule has 0 spiro atoms. The molecule has 1 heterocycles. The molecule has 1 atom stereocenters. The fraction of sp³-hybridized carbons (Fsp3) is 0.611. The van der Waals surface area contributed by atoms with Gasteiger partial charge in [0.1, 0.15) is 0 Å². The third-order valence-corrected chi connectivity index (χ3v) is 4.71. The van der Waals surface area contributed by atoms with Crippen LogP contribution in [0.4, 0.5) is 11.4 Å². The second kappa shape index (κ2) is 7.63. The fourth-order valence-corrected chi connectivity index (χ4v) is 2.75. The molecule has 0 aromatic heterocycles. The van der Waals surface area contributed by atoms with Crippen molar-refractivity contribution in [3.05, 3.63) is 23.8 Å². The summed E-state index contributed by atoms with van der Waals surface area (Å²) in [5.41, 5.74) is 3.32. The molecule has 1 fully saturated rings. The van der Waals surface area contributed by atoms with Crippen LogP contribution >= 0.6 is 0 Å². The van der Waals surface area contributed by atoms with Crippen molar-refractivity contribution in [2.75, 3.05) is 42.9 Å². The molecule has 1 unspecified atom stereocenters. The summed E-state index contributed by atoms with van der Waals surface area (Å²) < 4.78 is 0. The number of rotatable bonds is 5. The predicted molar refractivity (Wildman–Crippen MR) is 93.6 cm³/mol. The molecule has 0 saturated carbocycles. The summed E-state index contributed by atoms with van der Waals surface area (Å²) in [5.74, 6) is 0.163. The number of nitrogens with one attached hydrogen (secondary N) is 1. The zero-order valence-corrected chi connectivity index (χ0v) is 14.4. The van der Waals surface area contributed by atoms with Gasteiger partial charge >= 0.3 is 0 Å². The van der Waals surface area contributed by atoms with Crippen LogP contribution in [0.3, 0.4) is 0 Å². The Balaban J connectivity index is 2.02. The molecule has 1 aliphatic heterocycles. The van der Waals surface area contributed by atoms with E-state index >= 15 is 0 Å². The summed E-state index contributed by atoms with van der Waals surface area (Å²) in [5, 5.41) is 3.04. The maximum absolute atomic E-state index is 12.0. The molecule has 2 rings (SSSR count). The lowest BCUT2D eigenvalue weighted by molar-refractivity contribution is -0.119. The van der Waals surface area contributed by atoms with Crippen LogP contribution in [0.1, 0.15) is 32.8 Å². The number of carbonyl (C=O) groups excluding carboxylic acids is 1. The van der Waals surface area contributed by atoms with E-state index < -0.39 is 0 Å². The van der Waals surface area contributed by atoms with Crippen molar-refractivity contribution >= 4 is 17.3 Å². The zero-order valence-electron chi connectivity index (χ0n) is 14.4. The van der Waals surface area contributed by atoms with E-state index in [0.717, 1.165) is 50.4 Å². The van der Waals surface area contributed by atoms with Crippen LogP contribution in [-0.4, -0.2) is 43.5 Å². The van der Waals surface area contributed by atoms with Gasteiger partial charge in [0, 0.05) is 43.5 Å². The van der Waals surface area contributed by atoms with Gasteiger partial charge in [-0.1, -0.05) is 20.8 Å². The normalized spacial score (nSPS) is 17.4. The SMILES string of the molecule is CCC(C)C(=O)Nc1ccc(N2CCN(CC)CC2)cc1C. The Morgan fingerprint density at radius 3 is 2.45 bits per heavy atom. The second-order valence-electron chi connectivity index (χ2n) is 6.22. The Bertz CT molecular complexity index is 507. The third-order valence-electron chi connectivity index (χ3n) is 4.71. The van der Waals surface area contributed by atoms with Crippen LogP contribution in [0.5, 0.6) is 0 Å². The lowest BCUT2D eigenvalue weighted by atomic mass is 10.1. The molecule has 1 amide bonds. The summed E-state index contributed by atoms with van der Waals surface area (Å²) in [6.45, 7) is 13.8. The first-order valence-corrected chi connectivity index (χ1v) is 8.44. The standard InChI is InChI=1S/C18H29N3O/c1-5-14(3)18(22)19-17-8-7-16(13-15(17)4)21-11-9-20(6-2)10-12-21/h7-8,13-14H,5-6,9-12H2,1-4H3,(H,19,22). The van der Waals surface area contributed by atoms with E-state index in [0.29, 0.717) is 0 Å². The van der Waals surface area contributed by atoms with E-state index in [1.807, 2.05) is 19.9 Å². The third kappa shape index (κ3) is 4.01. The van der Waals surface area contributed by atoms with Crippen molar-refractivity contribution in [2.24, 2.45) is 5.92 Å². The summed E-state index contributed by atoms with van der Waals surface area (Å²) in [6.07, 6.45) is 0.866. The van der Waals surface area contributed by atoms with Crippen molar-refractivity contribution in [3.63, 3.8) is 0 Å². The Labute approximate surface area is 134 Å². The Hall–Kier alpha value is -1.55. The summed E-state index contributed by atoms with van der Waals surface area (Å²) in [4.78, 5) is 16.9. The summed E-state index contributed by atoms with van der Waals surface area (Å²) >= 11 is 0. The van der Waals surface area contributed by atoms with Gasteiger partial charge in [0.15, 0.2) is 0 Å². The highest BCUT2D eigenvalue weighted by Crippen LogP contribution is 2.24. The number of hydrogen-bond donors (Lipinski definition) is 1. The van der Waals surface area contributed by atoms with Crippen LogP contribution in [0, 0.1) is 12.8 Å². The number of amides is 1. The highest BCUT2D eigenvalue weighted by molar-refractivity contribution is 5.93. The average molecular weight is 303 g/mol. The molecule has 1 aromatic rings. The first-order valence-electron chi connectivity index (χ1n) is 8.44. The molecule has 0 radical (unpaired) electrons. The molecular weight excluding hydrogens is 274 g/mol. The number of aryl methyl sites for hydroxylation is 1. The van der Waals surface area contributed by atoms with Gasteiger partial charge in [-0.2, -0.15) is 0 Å². The van der Waals surface area contributed by atoms with Crippen LogP contribution < -0.4 is 10.2 Å². The van der Waals surface area contributed by atoms with Gasteiger partial charge in [-0.05, 0) is 43.7 Å². The first kappa shape index (κ1) is 16.8. The molecule has 4 nitrogen and oxygen atoms in total. The van der Waals surface area contributed by atoms with Gasteiger partial charge < -0.3 is 15.1 Å². The van der Waals surface area contributed by atoms with Gasteiger partial charge in [-0.15, -0.1) is 0 Å². The number of likely N-dealkylation sites (N-methyl/N-ethyl adjacent to an activating group) is 1. The smallest absolute Gasteiger partial charge is 0.227 e. The number of benzene rings is 1. The van der Waals surface area contributed by atoms with E-state index in [4.69, 9.17) is 0 Å². The topological polar surface area (TPSA) is 35.6 Å². The summed E-state index contributed by atoms with van der Waals surface area (Å²) in [6, 6.07) is 6.35. The van der Waals surface area contributed by atoms with Crippen LogP contribution in [-0.2, 0) is 4.79 Å². The Morgan fingerprint density at radius 2 is 1.91 bits per heavy atom. The minimum Gasteiger partial charge on any atom is -0.369 e. The number of nitrogens with zero attached hydrogens (tertiary/aromatic N) is 2. The molecule has 4 heteroatoms. The van der Waals surface area contributed by atoms with E-state index in [1.54, 1.807) is 0 Å². The first-order chi connectivity index (χ1) is 10.5. The zero-order chi connectivity index (χ0) is 16.1. The Morgan fingerprint density at radius 1 is 1.23 bits per heavy atom. The van der Waals surface area contributed by atoms with Crippen molar-refractivity contribution in [1.82, 2.24) is 4.90 Å². The largest absolute Gasteiger partial charge is 0.369 e. The highest BCUT2D eigenvalue weighted by Gasteiger charge is 2.17. The number of hydrogen-bond acceptors (Lipinski definition) is 3. The van der Waals surface area contributed by atoms with Gasteiger partial charge in [-0.25, -0.2) is 0 Å². The van der Waals surface area contributed by atoms with E-state index in [9.17, 15) is 4.79 Å². The number of anilines is 2. The van der Waals surface area contributed by atoms with Gasteiger partial charge in [-0.3, -0.25) is 4.79 Å². The van der Waals surface area contributed by atoms with Gasteiger partial charge in [0.05, 0.1) is 0 Å². The van der Waals surface area contributed by atoms with Crippen LogP contribution in [0.25, 0.3) is 0 Å². The van der Waals surface area contributed by atoms with Gasteiger partial charge in [0.2, 0.25) is 5.91 Å². The molecule has 1 N–H and O–H groups in total. The monoisotopic (exact) mass is 303 g/mol. The van der Waals surface area contributed by atoms with E-state index in [-0.39, 0.29) is 11.8 Å². The summed E-state index contributed by atoms with van der Waals surface area (Å²) in [7, 11) is 0. The molecule has 0 bridgehead atoms. The molecule has 1 aliphatic rings. The van der Waals surface area contributed by atoms with Gasteiger partial charge in [0.25, 0.3) is 0 Å². The quantitative estimate of drug-likeness (QED) is 0.908. The fourth-order valence-electron chi connectivity index (χ4n) is 2.75. The lowest BCUT2D eigenvalue weighted by Gasteiger charge is -2.35. The molecule has 1 aromatic carbocycles. The minimum atomic E-state index is 0.0567. The van der Waals surface area contributed by atoms with E-state index in [1.165, 1.54) is 5.69 Å². The number of piperazine rings is 1. The molecule has 1 saturated heterocycles. The van der Waals surface area contributed by atoms with E-state index in [2.05, 4.69) is 41.1 Å². The van der Waals surface area contributed by atoms with Crippen molar-refractivity contribution in [3.8, 4) is 0 Å². The second-order valence-corrected chi connectivity index (χ2v) is 6.22. The average Bonchev–Trinajstić information content (AvgIpc) is 2.55. The maximum atomic E-state index is 12.0. The lowest BCUT2D eigenvalue weighted by Crippen LogP contribution is -2.46. The van der Waals surface area contributed by atoms with Crippen LogP contribution in [0.2, 0.25) is 0 Å². The van der Waals surface area contributed by atoms with Crippen molar-refractivity contribution < 1.29 is 4.79 Å². The highest BCUT2D eigenvalue weighted by atomic mass is 16.1. The molecule has 122 valence electrons. The van der Waals surface area contributed by atoms with Crippen LogP contribution in [0.15, 0.2) is 18.2 Å². The number of carbonyl (C=O) groups is 1. The predicted octanol–water partition coefficient (Wildman–Crippen LogP) is 3.12. The molecule has 0 aliphatic carbocycles.